The van der Waals surface area contributed by atoms with Gasteiger partial charge in [0, 0.05) is 0 Å². The molecule has 6 aromatic carbocycles. The summed E-state index contributed by atoms with van der Waals surface area (Å²) in [4.78, 5) is 0. The van der Waals surface area contributed by atoms with E-state index in [2.05, 4.69) is 161 Å². The van der Waals surface area contributed by atoms with Gasteiger partial charge in [-0.05, 0) is 129 Å². The molecule has 266 valence electrons. The van der Waals surface area contributed by atoms with E-state index in [9.17, 15) is 0 Å². The number of unbranched alkanes of at least 4 members (excludes halogenated alkanes) is 4. The second-order valence-electron chi connectivity index (χ2n) is 14.7. The van der Waals surface area contributed by atoms with E-state index in [1.165, 1.54) is 142 Å². The Morgan fingerprint density at radius 2 is 0.615 bits per heavy atom. The average Bonchev–Trinajstić information content (AvgIpc) is 3.20. The molecule has 52 heavy (non-hydrogen) atoms. The Balaban J connectivity index is 1.21. The van der Waals surface area contributed by atoms with E-state index in [0.717, 1.165) is 12.8 Å². The summed E-state index contributed by atoms with van der Waals surface area (Å²) >= 11 is 0. The van der Waals surface area contributed by atoms with Gasteiger partial charge in [0.15, 0.2) is 0 Å². The zero-order valence-electron chi connectivity index (χ0n) is 32.2. The Kier molecular flexibility index (Phi) is 13.3. The minimum absolute atomic E-state index is 1.12. The highest BCUT2D eigenvalue weighted by molar-refractivity contribution is 5.79. The Morgan fingerprint density at radius 1 is 0.288 bits per heavy atom. The first-order valence-corrected chi connectivity index (χ1v) is 20.3. The lowest BCUT2D eigenvalue weighted by atomic mass is 9.86. The first kappa shape index (κ1) is 37.1. The number of hydrogen-bond donors (Lipinski definition) is 0. The first-order chi connectivity index (χ1) is 25.6. The molecule has 0 atom stereocenters. The lowest BCUT2D eigenvalue weighted by Crippen LogP contribution is -1.99. The molecule has 0 saturated heterocycles. The second kappa shape index (κ2) is 18.7. The molecule has 0 radical (unpaired) electrons. The van der Waals surface area contributed by atoms with Crippen LogP contribution in [-0.4, -0.2) is 0 Å². The molecule has 0 N–H and O–H groups in total. The van der Waals surface area contributed by atoms with E-state index in [4.69, 9.17) is 0 Å². The van der Waals surface area contributed by atoms with Gasteiger partial charge in [0.05, 0.1) is 0 Å². The van der Waals surface area contributed by atoms with Crippen LogP contribution < -0.4 is 0 Å². The summed E-state index contributed by atoms with van der Waals surface area (Å²) in [6.07, 6.45) is 14.4. The Morgan fingerprint density at radius 3 is 0.981 bits per heavy atom. The molecule has 0 aliphatic rings. The largest absolute Gasteiger partial charge is 0.0654 e. The van der Waals surface area contributed by atoms with Crippen molar-refractivity contribution in [3.05, 3.63) is 156 Å². The van der Waals surface area contributed by atoms with Gasteiger partial charge in [-0.2, -0.15) is 0 Å². The third-order valence-corrected chi connectivity index (χ3v) is 10.6. The predicted octanol–water partition coefficient (Wildman–Crippen LogP) is 15.4. The molecule has 0 heteroatoms. The average molecular weight is 683 g/mol. The summed E-state index contributed by atoms with van der Waals surface area (Å²) in [5.41, 5.74) is 19.1. The highest BCUT2D eigenvalue weighted by atomic mass is 14.2. The topological polar surface area (TPSA) is 0 Å². The van der Waals surface area contributed by atoms with Crippen molar-refractivity contribution in [3.63, 3.8) is 0 Å². The van der Waals surface area contributed by atoms with Gasteiger partial charge in [0.1, 0.15) is 0 Å². The van der Waals surface area contributed by atoms with Gasteiger partial charge in [-0.15, -0.1) is 0 Å². The predicted molar refractivity (Wildman–Crippen MR) is 228 cm³/mol. The van der Waals surface area contributed by atoms with Gasteiger partial charge >= 0.3 is 0 Å². The first-order valence-electron chi connectivity index (χ1n) is 20.3. The van der Waals surface area contributed by atoms with Gasteiger partial charge in [0.2, 0.25) is 0 Å². The fourth-order valence-electron chi connectivity index (χ4n) is 7.58. The van der Waals surface area contributed by atoms with E-state index in [-0.39, 0.29) is 0 Å². The zero-order valence-corrected chi connectivity index (χ0v) is 32.2. The summed E-state index contributed by atoms with van der Waals surface area (Å²) < 4.78 is 0. The summed E-state index contributed by atoms with van der Waals surface area (Å²) in [7, 11) is 0. The third kappa shape index (κ3) is 9.40. The van der Waals surface area contributed by atoms with Crippen molar-refractivity contribution in [2.75, 3.05) is 0 Å². The Labute approximate surface area is 315 Å². The van der Waals surface area contributed by atoms with Crippen molar-refractivity contribution < 1.29 is 0 Å². The van der Waals surface area contributed by atoms with Crippen LogP contribution in [0.2, 0.25) is 0 Å². The fourth-order valence-corrected chi connectivity index (χ4v) is 7.58. The monoisotopic (exact) mass is 682 g/mol. The van der Waals surface area contributed by atoms with E-state index >= 15 is 0 Å². The third-order valence-electron chi connectivity index (χ3n) is 10.6. The van der Waals surface area contributed by atoms with E-state index in [0.29, 0.717) is 0 Å². The maximum atomic E-state index is 2.47. The van der Waals surface area contributed by atoms with Gasteiger partial charge in [-0.1, -0.05) is 187 Å². The van der Waals surface area contributed by atoms with Crippen LogP contribution in [0.1, 0.15) is 101 Å². The van der Waals surface area contributed by atoms with Crippen molar-refractivity contribution in [1.29, 1.82) is 0 Å². The van der Waals surface area contributed by atoms with Gasteiger partial charge in [0.25, 0.3) is 0 Å². The summed E-state index contributed by atoms with van der Waals surface area (Å²) in [5.74, 6) is 0. The SMILES string of the molecule is CCCCc1cc(CCCC)cc(-c2ccc(-c3ccc(-c4ccc(-c5cc(CCCC)c(-c6ccccc6)c(CCCC)c5)cc4)cc3)cc2)c1. The highest BCUT2D eigenvalue weighted by Crippen LogP contribution is 2.36. The number of benzene rings is 6. The lowest BCUT2D eigenvalue weighted by Gasteiger charge is -2.18. The molecule has 0 aliphatic heterocycles. The molecule has 0 heterocycles. The van der Waals surface area contributed by atoms with Crippen molar-refractivity contribution in [2.24, 2.45) is 0 Å². The molecule has 0 unspecified atom stereocenters. The minimum Gasteiger partial charge on any atom is -0.0654 e. The van der Waals surface area contributed by atoms with E-state index in [1.807, 2.05) is 0 Å². The quantitative estimate of drug-likeness (QED) is 0.0898. The highest BCUT2D eigenvalue weighted by Gasteiger charge is 2.14. The van der Waals surface area contributed by atoms with Crippen molar-refractivity contribution in [3.8, 4) is 55.6 Å². The minimum atomic E-state index is 1.12. The molecule has 0 fully saturated rings. The molecule has 0 spiro atoms. The molecule has 6 rings (SSSR count). The van der Waals surface area contributed by atoms with Crippen LogP contribution in [-0.2, 0) is 25.7 Å². The number of hydrogen-bond acceptors (Lipinski definition) is 0. The van der Waals surface area contributed by atoms with Crippen LogP contribution in [0.25, 0.3) is 55.6 Å². The smallest absolute Gasteiger partial charge is 0.0119 e. The Hall–Kier alpha value is -4.68. The molecule has 6 aromatic rings. The van der Waals surface area contributed by atoms with E-state index in [1.54, 1.807) is 0 Å². The maximum absolute atomic E-state index is 2.47. The van der Waals surface area contributed by atoms with Gasteiger partial charge in [-0.3, -0.25) is 0 Å². The summed E-state index contributed by atoms with van der Waals surface area (Å²) in [6, 6.07) is 50.8. The Bertz CT molecular complexity index is 1920. The normalized spacial score (nSPS) is 11.2. The van der Waals surface area contributed by atoms with Crippen LogP contribution in [0.5, 0.6) is 0 Å². The van der Waals surface area contributed by atoms with Gasteiger partial charge in [-0.25, -0.2) is 0 Å². The van der Waals surface area contributed by atoms with Crippen LogP contribution in [0.4, 0.5) is 0 Å². The summed E-state index contributed by atoms with van der Waals surface area (Å²) in [5, 5.41) is 0. The molecule has 0 saturated carbocycles. The maximum Gasteiger partial charge on any atom is -0.0119 e. The number of aryl methyl sites for hydroxylation is 4. The lowest BCUT2D eigenvalue weighted by molar-refractivity contribution is 0.781. The van der Waals surface area contributed by atoms with Crippen LogP contribution in [0.15, 0.2) is 133 Å². The summed E-state index contributed by atoms with van der Waals surface area (Å²) in [6.45, 7) is 9.15. The van der Waals surface area contributed by atoms with Gasteiger partial charge < -0.3 is 0 Å². The molecular formula is C52H58. The standard InChI is InChI=1S/C52H58/c1-5-9-16-39-34-40(17-10-6-2)36-50(35-39)45-30-26-43(27-31-45)41-22-24-42(25-23-41)44-28-32-46(33-29-44)51-37-48(18-11-7-3)52(47-20-14-13-15-21-47)49(38-51)19-12-8-4/h13-15,20-38H,5-12,16-19H2,1-4H3. The van der Waals surface area contributed by atoms with Crippen molar-refractivity contribution in [2.45, 2.75) is 105 Å². The van der Waals surface area contributed by atoms with Crippen LogP contribution in [0, 0.1) is 0 Å². The van der Waals surface area contributed by atoms with Crippen LogP contribution in [0.3, 0.4) is 0 Å². The second-order valence-corrected chi connectivity index (χ2v) is 14.7. The van der Waals surface area contributed by atoms with E-state index < -0.39 is 0 Å². The molecule has 0 amide bonds. The molecular weight excluding hydrogens is 625 g/mol. The van der Waals surface area contributed by atoms with Crippen molar-refractivity contribution >= 4 is 0 Å². The zero-order chi connectivity index (χ0) is 36.1. The van der Waals surface area contributed by atoms with Crippen LogP contribution >= 0.6 is 0 Å². The fraction of sp³-hybridized carbons (Fsp3) is 0.308. The van der Waals surface area contributed by atoms with Crippen molar-refractivity contribution in [1.82, 2.24) is 0 Å². The molecule has 0 nitrogen and oxygen atoms in total. The molecule has 0 bridgehead atoms. The number of rotatable bonds is 17. The molecule has 0 aliphatic carbocycles. The molecule has 0 aromatic heterocycles.